The Morgan fingerprint density at radius 2 is 1.63 bits per heavy atom. The molecule has 0 saturated heterocycles. The lowest BCUT2D eigenvalue weighted by atomic mass is 9.86. The Morgan fingerprint density at radius 3 is 2.00 bits per heavy atom. The Morgan fingerprint density at radius 1 is 1.11 bits per heavy atom. The summed E-state index contributed by atoms with van der Waals surface area (Å²) in [4.78, 5) is 22.5. The number of hydrogen-bond acceptors (Lipinski definition) is 2. The maximum absolute atomic E-state index is 12.7. The highest BCUT2D eigenvalue weighted by Crippen LogP contribution is 2.57. The number of hydrogen-bond donors (Lipinski definition) is 2. The van der Waals surface area contributed by atoms with Crippen molar-refractivity contribution in [3.05, 3.63) is 0 Å². The van der Waals surface area contributed by atoms with Gasteiger partial charge in [-0.25, -0.2) is 0 Å². The number of carboxylic acid groups (broad SMARTS) is 1. The molecule has 2 rings (SSSR count). The molecule has 1 amide bonds. The lowest BCUT2D eigenvalue weighted by Gasteiger charge is -2.29. The first-order valence-electron chi connectivity index (χ1n) is 6.37. The summed E-state index contributed by atoms with van der Waals surface area (Å²) in [6.45, 7) is 0. The molecule has 4 nitrogen and oxygen atoms in total. The topological polar surface area (TPSA) is 66.4 Å². The number of halogens is 3. The third kappa shape index (κ3) is 2.69. The smallest absolute Gasteiger partial charge is 0.403 e. The zero-order valence-electron chi connectivity index (χ0n) is 10.3. The van der Waals surface area contributed by atoms with E-state index in [4.69, 9.17) is 5.11 Å². The first-order chi connectivity index (χ1) is 8.76. The Bertz CT molecular complexity index is 382. The van der Waals surface area contributed by atoms with E-state index in [1.165, 1.54) is 0 Å². The van der Waals surface area contributed by atoms with Crippen LogP contribution in [0.5, 0.6) is 0 Å². The van der Waals surface area contributed by atoms with Crippen molar-refractivity contribution in [3.8, 4) is 0 Å². The van der Waals surface area contributed by atoms with Gasteiger partial charge in [0.1, 0.15) is 5.41 Å². The van der Waals surface area contributed by atoms with Crippen molar-refractivity contribution in [2.45, 2.75) is 50.7 Å². The highest BCUT2D eigenvalue weighted by molar-refractivity contribution is 5.86. The summed E-state index contributed by atoms with van der Waals surface area (Å²) in [6, 6.07) is -0.331. The fraction of sp³-hybridized carbons (Fsp3) is 0.833. The van der Waals surface area contributed by atoms with E-state index in [2.05, 4.69) is 5.32 Å². The zero-order chi connectivity index (χ0) is 14.3. The van der Waals surface area contributed by atoms with Crippen LogP contribution < -0.4 is 5.32 Å². The van der Waals surface area contributed by atoms with Crippen LogP contribution in [0.1, 0.15) is 38.5 Å². The molecule has 2 aliphatic rings. The van der Waals surface area contributed by atoms with E-state index in [1.54, 1.807) is 0 Å². The Kier molecular flexibility index (Phi) is 3.49. The van der Waals surface area contributed by atoms with Crippen LogP contribution in [0.3, 0.4) is 0 Å². The molecular weight excluding hydrogens is 263 g/mol. The van der Waals surface area contributed by atoms with E-state index in [1.807, 2.05) is 0 Å². The maximum Gasteiger partial charge on any atom is 0.403 e. The molecule has 2 aliphatic carbocycles. The molecular formula is C12H16F3NO3. The molecule has 0 bridgehead atoms. The number of carbonyl (C=O) groups excluding carboxylic acids is 1. The third-order valence-corrected chi connectivity index (χ3v) is 4.14. The van der Waals surface area contributed by atoms with E-state index >= 15 is 0 Å². The van der Waals surface area contributed by atoms with Crippen LogP contribution in [-0.2, 0) is 9.59 Å². The predicted octanol–water partition coefficient (Wildman–Crippen LogP) is 2.09. The standard InChI is InChI=1S/C12H16F3NO3/c13-12(14,15)11(5-6-11)10(19)16-8-3-1-7(2-4-8)9(17)18/h7-8H,1-6H2,(H,16,19)(H,17,18). The van der Waals surface area contributed by atoms with Gasteiger partial charge in [0.25, 0.3) is 0 Å². The number of rotatable bonds is 3. The fourth-order valence-electron chi connectivity index (χ4n) is 2.57. The van der Waals surface area contributed by atoms with Crippen LogP contribution in [0.4, 0.5) is 13.2 Å². The summed E-state index contributed by atoms with van der Waals surface area (Å²) in [6.07, 6.45) is -3.12. The molecule has 19 heavy (non-hydrogen) atoms. The Labute approximate surface area is 108 Å². The second kappa shape index (κ2) is 4.68. The van der Waals surface area contributed by atoms with E-state index in [0.717, 1.165) is 0 Å². The second-order valence-electron chi connectivity index (χ2n) is 5.44. The van der Waals surface area contributed by atoms with Gasteiger partial charge in [0.15, 0.2) is 0 Å². The van der Waals surface area contributed by atoms with Crippen molar-refractivity contribution < 1.29 is 27.9 Å². The van der Waals surface area contributed by atoms with Gasteiger partial charge in [0.2, 0.25) is 5.91 Å². The molecule has 0 heterocycles. The van der Waals surface area contributed by atoms with E-state index in [9.17, 15) is 22.8 Å². The summed E-state index contributed by atoms with van der Waals surface area (Å²) >= 11 is 0. The molecule has 0 aromatic heterocycles. The molecule has 108 valence electrons. The summed E-state index contributed by atoms with van der Waals surface area (Å²) < 4.78 is 38.2. The molecule has 7 heteroatoms. The molecule has 2 fully saturated rings. The maximum atomic E-state index is 12.7. The SMILES string of the molecule is O=C(O)C1CCC(NC(=O)C2(C(F)(F)F)CC2)CC1. The molecule has 2 N–H and O–H groups in total. The van der Waals surface area contributed by atoms with Gasteiger partial charge in [0, 0.05) is 6.04 Å². The quantitative estimate of drug-likeness (QED) is 0.831. The zero-order valence-corrected chi connectivity index (χ0v) is 10.3. The highest BCUT2D eigenvalue weighted by Gasteiger charge is 2.68. The van der Waals surface area contributed by atoms with Crippen LogP contribution in [0.2, 0.25) is 0 Å². The number of amides is 1. The molecule has 0 spiro atoms. The number of carbonyl (C=O) groups is 2. The second-order valence-corrected chi connectivity index (χ2v) is 5.44. The molecule has 0 atom stereocenters. The van der Waals surface area contributed by atoms with E-state index in [-0.39, 0.29) is 18.9 Å². The third-order valence-electron chi connectivity index (χ3n) is 4.14. The van der Waals surface area contributed by atoms with Crippen molar-refractivity contribution >= 4 is 11.9 Å². The first-order valence-corrected chi connectivity index (χ1v) is 6.37. The van der Waals surface area contributed by atoms with Gasteiger partial charge in [0.05, 0.1) is 5.92 Å². The van der Waals surface area contributed by atoms with Gasteiger partial charge in [-0.3, -0.25) is 9.59 Å². The molecule has 0 aliphatic heterocycles. The van der Waals surface area contributed by atoms with Crippen LogP contribution >= 0.6 is 0 Å². The van der Waals surface area contributed by atoms with Crippen LogP contribution in [0, 0.1) is 11.3 Å². The minimum absolute atomic E-state index is 0.146. The molecule has 0 unspecified atom stereocenters. The predicted molar refractivity (Wildman–Crippen MR) is 59.2 cm³/mol. The summed E-state index contributed by atoms with van der Waals surface area (Å²) in [5.74, 6) is -2.26. The van der Waals surface area contributed by atoms with Crippen LogP contribution in [0.25, 0.3) is 0 Å². The minimum Gasteiger partial charge on any atom is -0.481 e. The van der Waals surface area contributed by atoms with E-state index in [0.29, 0.717) is 25.7 Å². The molecule has 0 radical (unpaired) electrons. The number of carboxylic acids is 1. The van der Waals surface area contributed by atoms with Crippen molar-refractivity contribution in [2.75, 3.05) is 0 Å². The largest absolute Gasteiger partial charge is 0.481 e. The van der Waals surface area contributed by atoms with Crippen molar-refractivity contribution in [2.24, 2.45) is 11.3 Å². The fourth-order valence-corrected chi connectivity index (χ4v) is 2.57. The van der Waals surface area contributed by atoms with Gasteiger partial charge < -0.3 is 10.4 Å². The number of aliphatic carboxylic acids is 1. The molecule has 0 aromatic carbocycles. The minimum atomic E-state index is -4.49. The summed E-state index contributed by atoms with van der Waals surface area (Å²) in [5, 5.41) is 11.3. The Hall–Kier alpha value is -1.27. The average molecular weight is 279 g/mol. The van der Waals surface area contributed by atoms with Gasteiger partial charge in [-0.1, -0.05) is 0 Å². The number of nitrogens with one attached hydrogen (secondary N) is 1. The van der Waals surface area contributed by atoms with Crippen molar-refractivity contribution in [1.82, 2.24) is 5.32 Å². The Balaban J connectivity index is 1.87. The van der Waals surface area contributed by atoms with E-state index < -0.39 is 29.4 Å². The molecule has 0 aromatic rings. The first kappa shape index (κ1) is 14.1. The van der Waals surface area contributed by atoms with Crippen molar-refractivity contribution in [1.29, 1.82) is 0 Å². The van der Waals surface area contributed by atoms with Crippen LogP contribution in [-0.4, -0.2) is 29.2 Å². The van der Waals surface area contributed by atoms with Gasteiger partial charge in [-0.05, 0) is 38.5 Å². The lowest BCUT2D eigenvalue weighted by Crippen LogP contribution is -2.46. The number of alkyl halides is 3. The summed E-state index contributed by atoms with van der Waals surface area (Å²) in [7, 11) is 0. The van der Waals surface area contributed by atoms with Crippen LogP contribution in [0.15, 0.2) is 0 Å². The normalized spacial score (nSPS) is 29.6. The summed E-state index contributed by atoms with van der Waals surface area (Å²) in [5.41, 5.74) is -2.18. The van der Waals surface area contributed by atoms with Gasteiger partial charge in [-0.2, -0.15) is 13.2 Å². The monoisotopic (exact) mass is 279 g/mol. The van der Waals surface area contributed by atoms with Gasteiger partial charge >= 0.3 is 12.1 Å². The average Bonchev–Trinajstić information content (AvgIpc) is 3.09. The molecule has 2 saturated carbocycles. The highest BCUT2D eigenvalue weighted by atomic mass is 19.4. The van der Waals surface area contributed by atoms with Crippen molar-refractivity contribution in [3.63, 3.8) is 0 Å². The van der Waals surface area contributed by atoms with Gasteiger partial charge in [-0.15, -0.1) is 0 Å². The lowest BCUT2D eigenvalue weighted by molar-refractivity contribution is -0.192.